The van der Waals surface area contributed by atoms with Gasteiger partial charge in [0.1, 0.15) is 0 Å². The summed E-state index contributed by atoms with van der Waals surface area (Å²) in [5, 5.41) is 10.1. The second-order valence-corrected chi connectivity index (χ2v) is 3.65. The molecular weight excluding hydrogens is 228 g/mol. The summed E-state index contributed by atoms with van der Waals surface area (Å²) >= 11 is 0. The van der Waals surface area contributed by atoms with Gasteiger partial charge < -0.3 is 11.1 Å². The lowest BCUT2D eigenvalue weighted by Gasteiger charge is -2.14. The van der Waals surface area contributed by atoms with Crippen molar-refractivity contribution in [2.75, 3.05) is 18.4 Å². The number of nitrogens with zero attached hydrogens (tertiary/aromatic N) is 3. The molecule has 0 radical (unpaired) electrons. The maximum Gasteiger partial charge on any atom is 0.277 e. The summed E-state index contributed by atoms with van der Waals surface area (Å²) in [5.41, 5.74) is 6.50. The van der Waals surface area contributed by atoms with Crippen LogP contribution in [0.3, 0.4) is 0 Å². The molecule has 0 unspecified atom stereocenters. The lowest BCUT2D eigenvalue weighted by atomic mass is 10.2. The van der Waals surface area contributed by atoms with E-state index in [-0.39, 0.29) is 5.95 Å². The Bertz CT molecular complexity index is 370. The van der Waals surface area contributed by atoms with Crippen molar-refractivity contribution in [2.24, 2.45) is 5.73 Å². The molecule has 0 atom stereocenters. The van der Waals surface area contributed by atoms with Gasteiger partial charge in [0.15, 0.2) is 0 Å². The molecule has 0 saturated heterocycles. The highest BCUT2D eigenvalue weighted by molar-refractivity contribution is 5.26. The van der Waals surface area contributed by atoms with Crippen molar-refractivity contribution in [2.45, 2.75) is 32.6 Å². The van der Waals surface area contributed by atoms with Crippen LogP contribution in [0, 0.1) is 0 Å². The summed E-state index contributed by atoms with van der Waals surface area (Å²) in [4.78, 5) is 4.14. The Morgan fingerprint density at radius 3 is 2.35 bits per heavy atom. The molecule has 0 aliphatic rings. The molecule has 96 valence electrons. The lowest BCUT2D eigenvalue weighted by molar-refractivity contribution is 0.0252. The molecule has 0 aliphatic heterocycles. The van der Waals surface area contributed by atoms with Gasteiger partial charge >= 0.3 is 0 Å². The van der Waals surface area contributed by atoms with Crippen LogP contribution < -0.4 is 11.1 Å². The molecule has 3 N–H and O–H groups in total. The Morgan fingerprint density at radius 1 is 1.18 bits per heavy atom. The minimum atomic E-state index is -2.96. The fourth-order valence-corrected chi connectivity index (χ4v) is 1.29. The molecule has 0 aliphatic carbocycles. The quantitative estimate of drug-likeness (QED) is 0.782. The highest BCUT2D eigenvalue weighted by Crippen LogP contribution is 2.12. The summed E-state index contributed by atoms with van der Waals surface area (Å²) in [5.74, 6) is -2.84. The largest absolute Gasteiger partial charge is 0.347 e. The van der Waals surface area contributed by atoms with Crippen LogP contribution in [0.15, 0.2) is 0 Å². The van der Waals surface area contributed by atoms with Crippen molar-refractivity contribution in [1.29, 1.82) is 0 Å². The number of halogens is 2. The van der Waals surface area contributed by atoms with Crippen molar-refractivity contribution in [3.8, 4) is 0 Å². The highest BCUT2D eigenvalue weighted by Gasteiger charge is 2.26. The molecule has 5 nitrogen and oxygen atoms in total. The molecule has 0 aromatic carbocycles. The number of aromatic nitrogens is 3. The third-order valence-electron chi connectivity index (χ3n) is 2.31. The van der Waals surface area contributed by atoms with Gasteiger partial charge in [0.05, 0.1) is 24.5 Å². The van der Waals surface area contributed by atoms with E-state index in [9.17, 15) is 8.78 Å². The number of alkyl halides is 2. The van der Waals surface area contributed by atoms with E-state index in [1.165, 1.54) is 0 Å². The average Bonchev–Trinajstić information content (AvgIpc) is 2.36. The van der Waals surface area contributed by atoms with E-state index in [1.54, 1.807) is 0 Å². The Hall–Kier alpha value is -1.37. The van der Waals surface area contributed by atoms with Gasteiger partial charge in [-0.3, -0.25) is 0 Å². The van der Waals surface area contributed by atoms with Gasteiger partial charge in [-0.1, -0.05) is 13.8 Å². The van der Waals surface area contributed by atoms with Gasteiger partial charge in [-0.25, -0.2) is 13.8 Å². The number of nitrogens with two attached hydrogens (primary N) is 1. The smallest absolute Gasteiger partial charge is 0.277 e. The lowest BCUT2D eigenvalue weighted by Crippen LogP contribution is -2.35. The molecule has 1 heterocycles. The van der Waals surface area contributed by atoms with Crippen molar-refractivity contribution in [1.82, 2.24) is 15.2 Å². The van der Waals surface area contributed by atoms with Gasteiger partial charge in [0, 0.05) is 0 Å². The van der Waals surface area contributed by atoms with Crippen LogP contribution in [-0.4, -0.2) is 34.2 Å². The molecule has 1 rings (SSSR count). The predicted octanol–water partition coefficient (Wildman–Crippen LogP) is 1.00. The fraction of sp³-hybridized carbons (Fsp3) is 0.700. The highest BCUT2D eigenvalue weighted by atomic mass is 19.3. The molecule has 0 saturated carbocycles. The van der Waals surface area contributed by atoms with Crippen molar-refractivity contribution < 1.29 is 8.78 Å². The van der Waals surface area contributed by atoms with Gasteiger partial charge in [0.25, 0.3) is 5.92 Å². The van der Waals surface area contributed by atoms with Crippen LogP contribution >= 0.6 is 0 Å². The first-order valence-corrected chi connectivity index (χ1v) is 5.56. The van der Waals surface area contributed by atoms with Crippen LogP contribution in [0.2, 0.25) is 0 Å². The minimum absolute atomic E-state index is 0.118. The number of aryl methyl sites for hydroxylation is 2. The zero-order chi connectivity index (χ0) is 12.9. The standard InChI is InChI=1S/C10H17F2N5/c1-3-7-8(4-2)16-17-9(15-7)14-6-10(11,12)5-13/h3-6,13H2,1-2H3,(H,14,15,17). The maximum absolute atomic E-state index is 12.9. The molecule has 0 spiro atoms. The van der Waals surface area contributed by atoms with Gasteiger partial charge in [-0.2, -0.15) is 5.10 Å². The Labute approximate surface area is 98.8 Å². The summed E-state index contributed by atoms with van der Waals surface area (Å²) < 4.78 is 25.8. The van der Waals surface area contributed by atoms with Crippen molar-refractivity contribution >= 4 is 5.95 Å². The molecule has 0 fully saturated rings. The van der Waals surface area contributed by atoms with E-state index >= 15 is 0 Å². The summed E-state index contributed by atoms with van der Waals surface area (Å²) in [6.07, 6.45) is 1.42. The molecule has 7 heteroatoms. The molecule has 17 heavy (non-hydrogen) atoms. The van der Waals surface area contributed by atoms with E-state index in [0.717, 1.165) is 17.8 Å². The van der Waals surface area contributed by atoms with Crippen LogP contribution in [-0.2, 0) is 12.8 Å². The van der Waals surface area contributed by atoms with Gasteiger partial charge in [0.2, 0.25) is 5.95 Å². The second kappa shape index (κ2) is 5.81. The molecule has 1 aromatic rings. The van der Waals surface area contributed by atoms with E-state index in [2.05, 4.69) is 20.5 Å². The Morgan fingerprint density at radius 2 is 1.82 bits per heavy atom. The van der Waals surface area contributed by atoms with Crippen molar-refractivity contribution in [3.05, 3.63) is 11.4 Å². The van der Waals surface area contributed by atoms with Crippen LogP contribution in [0.25, 0.3) is 0 Å². The summed E-state index contributed by atoms with van der Waals surface area (Å²) in [6, 6.07) is 0. The van der Waals surface area contributed by atoms with E-state index < -0.39 is 19.0 Å². The third kappa shape index (κ3) is 3.85. The van der Waals surface area contributed by atoms with Crippen LogP contribution in [0.1, 0.15) is 25.2 Å². The monoisotopic (exact) mass is 245 g/mol. The van der Waals surface area contributed by atoms with E-state index in [4.69, 9.17) is 5.73 Å². The first-order chi connectivity index (χ1) is 8.02. The SMILES string of the molecule is CCc1nnc(NCC(F)(F)CN)nc1CC. The summed E-state index contributed by atoms with van der Waals surface area (Å²) in [7, 11) is 0. The third-order valence-corrected chi connectivity index (χ3v) is 2.31. The summed E-state index contributed by atoms with van der Waals surface area (Å²) in [6.45, 7) is 2.59. The Balaban J connectivity index is 2.73. The zero-order valence-electron chi connectivity index (χ0n) is 10.0. The molecule has 0 bridgehead atoms. The van der Waals surface area contributed by atoms with Gasteiger partial charge in [-0.05, 0) is 12.8 Å². The number of hydrogen-bond acceptors (Lipinski definition) is 5. The fourth-order valence-electron chi connectivity index (χ4n) is 1.29. The first-order valence-electron chi connectivity index (χ1n) is 5.56. The Kier molecular flexibility index (Phi) is 4.68. The topological polar surface area (TPSA) is 76.7 Å². The number of hydrogen-bond donors (Lipinski definition) is 2. The predicted molar refractivity (Wildman–Crippen MR) is 61.1 cm³/mol. The average molecular weight is 245 g/mol. The van der Waals surface area contributed by atoms with E-state index in [0.29, 0.717) is 6.42 Å². The van der Waals surface area contributed by atoms with Crippen LogP contribution in [0.5, 0.6) is 0 Å². The van der Waals surface area contributed by atoms with E-state index in [1.807, 2.05) is 13.8 Å². The van der Waals surface area contributed by atoms with Crippen LogP contribution in [0.4, 0.5) is 14.7 Å². The normalized spacial score (nSPS) is 11.6. The number of anilines is 1. The molecular formula is C10H17F2N5. The first kappa shape index (κ1) is 13.7. The minimum Gasteiger partial charge on any atom is -0.347 e. The zero-order valence-corrected chi connectivity index (χ0v) is 10.0. The molecule has 1 aromatic heterocycles. The number of rotatable bonds is 6. The van der Waals surface area contributed by atoms with Gasteiger partial charge in [-0.15, -0.1) is 5.10 Å². The molecule has 0 amide bonds. The van der Waals surface area contributed by atoms with Crippen molar-refractivity contribution in [3.63, 3.8) is 0 Å². The second-order valence-electron chi connectivity index (χ2n) is 3.65. The number of nitrogens with one attached hydrogen (secondary N) is 1. The maximum atomic E-state index is 12.9.